The fourth-order valence-corrected chi connectivity index (χ4v) is 2.26. The van der Waals surface area contributed by atoms with Gasteiger partial charge in [0.15, 0.2) is 11.9 Å². The van der Waals surface area contributed by atoms with E-state index in [0.29, 0.717) is 17.0 Å². The quantitative estimate of drug-likeness (QED) is 0.460. The van der Waals surface area contributed by atoms with Gasteiger partial charge in [0.1, 0.15) is 6.29 Å². The Balaban J connectivity index is 2.17. The molecular weight excluding hydrogens is 371 g/mol. The van der Waals surface area contributed by atoms with Crippen molar-refractivity contribution < 1.29 is 19.2 Å². The second-order valence-electron chi connectivity index (χ2n) is 4.98. The summed E-state index contributed by atoms with van der Waals surface area (Å²) < 4.78 is 5.36. The SMILES string of the molecule is C[C@@H](Oc1ccc(C=O)cc1[N+](=O)[O-])C(=O)Nc1cc(Cl)ccc1Cl. The highest BCUT2D eigenvalue weighted by Crippen LogP contribution is 2.29. The van der Waals surface area contributed by atoms with Gasteiger partial charge in [-0.2, -0.15) is 0 Å². The first-order valence-electron chi connectivity index (χ1n) is 6.98. The summed E-state index contributed by atoms with van der Waals surface area (Å²) in [6.07, 6.45) is -0.579. The molecule has 9 heteroatoms. The fraction of sp³-hybridized carbons (Fsp3) is 0.125. The minimum absolute atomic E-state index is 0.127. The first kappa shape index (κ1) is 18.7. The van der Waals surface area contributed by atoms with Crippen LogP contribution in [0.4, 0.5) is 11.4 Å². The van der Waals surface area contributed by atoms with E-state index in [-0.39, 0.29) is 16.3 Å². The molecule has 0 aliphatic heterocycles. The van der Waals surface area contributed by atoms with E-state index in [1.165, 1.54) is 31.2 Å². The number of benzene rings is 2. The number of carbonyl (C=O) groups is 2. The van der Waals surface area contributed by atoms with Crippen LogP contribution in [0, 0.1) is 10.1 Å². The normalized spacial score (nSPS) is 11.5. The van der Waals surface area contributed by atoms with Crippen LogP contribution in [0.3, 0.4) is 0 Å². The van der Waals surface area contributed by atoms with Gasteiger partial charge >= 0.3 is 5.69 Å². The highest BCUT2D eigenvalue weighted by molar-refractivity contribution is 6.35. The summed E-state index contributed by atoms with van der Waals surface area (Å²) in [7, 11) is 0. The Bertz CT molecular complexity index is 841. The van der Waals surface area contributed by atoms with E-state index in [1.807, 2.05) is 0 Å². The molecule has 0 saturated heterocycles. The molecule has 25 heavy (non-hydrogen) atoms. The number of nitrogens with zero attached hydrogens (tertiary/aromatic N) is 1. The van der Waals surface area contributed by atoms with Crippen LogP contribution in [0.5, 0.6) is 5.75 Å². The number of hydrogen-bond acceptors (Lipinski definition) is 5. The molecule has 0 unspecified atom stereocenters. The van der Waals surface area contributed by atoms with Gasteiger partial charge in [-0.3, -0.25) is 19.7 Å². The standard InChI is InChI=1S/C16H12Cl2N2O5/c1-9(16(22)19-13-7-11(17)3-4-12(13)18)25-15-5-2-10(8-21)6-14(15)20(23)24/h2-9H,1H3,(H,19,22)/t9-/m1/s1. The van der Waals surface area contributed by atoms with Crippen LogP contribution in [-0.4, -0.2) is 23.2 Å². The maximum Gasteiger partial charge on any atom is 0.311 e. The van der Waals surface area contributed by atoms with Crippen molar-refractivity contribution in [1.82, 2.24) is 0 Å². The Labute approximate surface area is 152 Å². The molecule has 7 nitrogen and oxygen atoms in total. The van der Waals surface area contributed by atoms with Crippen molar-refractivity contribution in [1.29, 1.82) is 0 Å². The van der Waals surface area contributed by atoms with Crippen molar-refractivity contribution in [3.63, 3.8) is 0 Å². The highest BCUT2D eigenvalue weighted by Gasteiger charge is 2.22. The van der Waals surface area contributed by atoms with Gasteiger partial charge in [0.2, 0.25) is 0 Å². The van der Waals surface area contributed by atoms with Crippen LogP contribution in [0.25, 0.3) is 0 Å². The van der Waals surface area contributed by atoms with E-state index in [0.717, 1.165) is 6.07 Å². The zero-order valence-electron chi connectivity index (χ0n) is 12.9. The number of aldehydes is 1. The van der Waals surface area contributed by atoms with Gasteiger partial charge in [-0.1, -0.05) is 23.2 Å². The Morgan fingerprint density at radius 1 is 1.28 bits per heavy atom. The van der Waals surface area contributed by atoms with Crippen LogP contribution in [0.1, 0.15) is 17.3 Å². The third kappa shape index (κ3) is 4.68. The minimum Gasteiger partial charge on any atom is -0.474 e. The van der Waals surface area contributed by atoms with Crippen LogP contribution < -0.4 is 10.1 Å². The van der Waals surface area contributed by atoms with E-state index < -0.39 is 22.6 Å². The molecule has 0 aliphatic carbocycles. The number of nitrogens with one attached hydrogen (secondary N) is 1. The number of rotatable bonds is 6. The number of hydrogen-bond donors (Lipinski definition) is 1. The molecular formula is C16H12Cl2N2O5. The van der Waals surface area contributed by atoms with Gasteiger partial charge in [-0.15, -0.1) is 0 Å². The monoisotopic (exact) mass is 382 g/mol. The Hall–Kier alpha value is -2.64. The van der Waals surface area contributed by atoms with Gasteiger partial charge in [-0.25, -0.2) is 0 Å². The second kappa shape index (κ2) is 7.96. The van der Waals surface area contributed by atoms with Crippen LogP contribution in [-0.2, 0) is 4.79 Å². The van der Waals surface area contributed by atoms with Crippen molar-refractivity contribution in [3.05, 3.63) is 62.1 Å². The third-order valence-corrected chi connectivity index (χ3v) is 3.74. The minimum atomic E-state index is -1.06. The number of amides is 1. The molecule has 2 aromatic rings. The summed E-state index contributed by atoms with van der Waals surface area (Å²) in [6.45, 7) is 1.42. The predicted molar refractivity (Wildman–Crippen MR) is 93.7 cm³/mol. The van der Waals surface area contributed by atoms with Crippen molar-refractivity contribution in [3.8, 4) is 5.75 Å². The largest absolute Gasteiger partial charge is 0.474 e. The lowest BCUT2D eigenvalue weighted by Crippen LogP contribution is -2.30. The van der Waals surface area contributed by atoms with Gasteiger partial charge in [0.05, 0.1) is 15.6 Å². The lowest BCUT2D eigenvalue weighted by Gasteiger charge is -2.15. The first-order valence-corrected chi connectivity index (χ1v) is 7.73. The molecule has 0 aliphatic rings. The summed E-state index contributed by atoms with van der Waals surface area (Å²) in [6, 6.07) is 8.24. The highest BCUT2D eigenvalue weighted by atomic mass is 35.5. The molecule has 1 amide bonds. The molecule has 1 atom stereocenters. The van der Waals surface area contributed by atoms with Gasteiger partial charge in [0, 0.05) is 16.7 Å². The number of ether oxygens (including phenoxy) is 1. The summed E-state index contributed by atoms with van der Waals surface area (Å²) >= 11 is 11.8. The number of nitro benzene ring substituents is 1. The molecule has 1 N–H and O–H groups in total. The average Bonchev–Trinajstić information content (AvgIpc) is 2.58. The van der Waals surface area contributed by atoms with Gasteiger partial charge in [0.25, 0.3) is 5.91 Å². The Morgan fingerprint density at radius 3 is 2.64 bits per heavy atom. The van der Waals surface area contributed by atoms with Crippen LogP contribution in [0.15, 0.2) is 36.4 Å². The van der Waals surface area contributed by atoms with E-state index in [4.69, 9.17) is 27.9 Å². The number of carbonyl (C=O) groups excluding carboxylic acids is 2. The molecule has 0 aromatic heterocycles. The number of nitro groups is 1. The van der Waals surface area contributed by atoms with Gasteiger partial charge < -0.3 is 10.1 Å². The van der Waals surface area contributed by atoms with E-state index in [1.54, 1.807) is 6.07 Å². The van der Waals surface area contributed by atoms with Crippen LogP contribution >= 0.6 is 23.2 Å². The van der Waals surface area contributed by atoms with Crippen molar-refractivity contribution in [2.24, 2.45) is 0 Å². The molecule has 0 heterocycles. The zero-order valence-corrected chi connectivity index (χ0v) is 14.4. The molecule has 2 rings (SSSR count). The number of anilines is 1. The molecule has 0 saturated carbocycles. The zero-order chi connectivity index (χ0) is 18.6. The number of halogens is 2. The maximum atomic E-state index is 12.2. The summed E-state index contributed by atoms with van der Waals surface area (Å²) in [4.78, 5) is 33.4. The smallest absolute Gasteiger partial charge is 0.311 e. The maximum absolute atomic E-state index is 12.2. The third-order valence-electron chi connectivity index (χ3n) is 3.18. The molecule has 2 aromatic carbocycles. The molecule has 0 spiro atoms. The molecule has 130 valence electrons. The summed E-state index contributed by atoms with van der Waals surface area (Å²) in [5.41, 5.74) is 0.00678. The van der Waals surface area contributed by atoms with Crippen molar-refractivity contribution >= 4 is 46.8 Å². The second-order valence-corrected chi connectivity index (χ2v) is 5.82. The van der Waals surface area contributed by atoms with Crippen LogP contribution in [0.2, 0.25) is 10.0 Å². The fourth-order valence-electron chi connectivity index (χ4n) is 1.92. The summed E-state index contributed by atoms with van der Waals surface area (Å²) in [5, 5.41) is 14.3. The van der Waals surface area contributed by atoms with E-state index in [9.17, 15) is 19.7 Å². The Kier molecular flexibility index (Phi) is 5.95. The molecule has 0 bridgehead atoms. The predicted octanol–water partition coefficient (Wildman–Crippen LogP) is 4.12. The van der Waals surface area contributed by atoms with Crippen molar-refractivity contribution in [2.45, 2.75) is 13.0 Å². The first-order chi connectivity index (χ1) is 11.8. The molecule has 0 fully saturated rings. The lowest BCUT2D eigenvalue weighted by molar-refractivity contribution is -0.386. The summed E-state index contributed by atoms with van der Waals surface area (Å²) in [5.74, 6) is -0.701. The van der Waals surface area contributed by atoms with E-state index in [2.05, 4.69) is 5.32 Å². The van der Waals surface area contributed by atoms with E-state index >= 15 is 0 Å². The lowest BCUT2D eigenvalue weighted by atomic mass is 10.2. The van der Waals surface area contributed by atoms with Gasteiger partial charge in [-0.05, 0) is 37.3 Å². The van der Waals surface area contributed by atoms with Crippen molar-refractivity contribution in [2.75, 3.05) is 5.32 Å². The Morgan fingerprint density at radius 2 is 2.00 bits per heavy atom. The molecule has 0 radical (unpaired) electrons. The average molecular weight is 383 g/mol. The topological polar surface area (TPSA) is 98.5 Å².